The largest absolute Gasteiger partial charge is 0.325 e. The second-order valence-corrected chi connectivity index (χ2v) is 5.96. The Labute approximate surface area is 110 Å². The third-order valence-corrected chi connectivity index (χ3v) is 4.93. The van der Waals surface area contributed by atoms with Gasteiger partial charge in [0, 0.05) is 31.4 Å². The molecule has 17 heavy (non-hydrogen) atoms. The van der Waals surface area contributed by atoms with Crippen molar-refractivity contribution in [2.75, 3.05) is 32.4 Å². The Morgan fingerprint density at radius 1 is 1.47 bits per heavy atom. The summed E-state index contributed by atoms with van der Waals surface area (Å²) < 4.78 is 0. The molecule has 0 spiro atoms. The predicted octanol–water partition coefficient (Wildman–Crippen LogP) is 2.91. The molecular formula is C13H26N2OS. The quantitative estimate of drug-likeness (QED) is 0.774. The van der Waals surface area contributed by atoms with Gasteiger partial charge in [0.1, 0.15) is 0 Å². The van der Waals surface area contributed by atoms with Crippen LogP contribution in [0, 0.1) is 5.92 Å². The van der Waals surface area contributed by atoms with Crippen molar-refractivity contribution >= 4 is 17.8 Å². The van der Waals surface area contributed by atoms with Gasteiger partial charge in [0.15, 0.2) is 0 Å². The Bertz CT molecular complexity index is 244. The van der Waals surface area contributed by atoms with Crippen LogP contribution in [0.5, 0.6) is 0 Å². The van der Waals surface area contributed by atoms with Gasteiger partial charge in [-0.15, -0.1) is 0 Å². The molecule has 3 nitrogen and oxygen atoms in total. The van der Waals surface area contributed by atoms with Crippen molar-refractivity contribution in [2.24, 2.45) is 5.92 Å². The van der Waals surface area contributed by atoms with E-state index in [1.54, 1.807) is 0 Å². The van der Waals surface area contributed by atoms with Crippen molar-refractivity contribution in [2.45, 2.75) is 38.9 Å². The third-order valence-electron chi connectivity index (χ3n) is 3.80. The van der Waals surface area contributed by atoms with Crippen LogP contribution in [0.15, 0.2) is 0 Å². The summed E-state index contributed by atoms with van der Waals surface area (Å²) in [6.45, 7) is 9.88. The van der Waals surface area contributed by atoms with Crippen LogP contribution in [-0.4, -0.2) is 53.5 Å². The second-order valence-electron chi connectivity index (χ2n) is 4.74. The van der Waals surface area contributed by atoms with E-state index in [4.69, 9.17) is 0 Å². The van der Waals surface area contributed by atoms with Crippen molar-refractivity contribution in [3.63, 3.8) is 0 Å². The lowest BCUT2D eigenvalue weighted by Crippen LogP contribution is -2.48. The number of thioether (sulfide) groups is 1. The Kier molecular flexibility index (Phi) is 6.17. The smallest absolute Gasteiger partial charge is 0.319 e. The van der Waals surface area contributed by atoms with E-state index in [1.807, 2.05) is 35.4 Å². The van der Waals surface area contributed by atoms with Crippen LogP contribution in [0.4, 0.5) is 4.79 Å². The standard InChI is InChI=1S/C13H26N2OS/c1-5-14(6-2)13(16)15-9-7-8-12(10-15)11(3)17-4/h11-12H,5-10H2,1-4H3. The molecule has 100 valence electrons. The van der Waals surface area contributed by atoms with Crippen LogP contribution < -0.4 is 0 Å². The fourth-order valence-corrected chi connectivity index (χ4v) is 3.06. The summed E-state index contributed by atoms with van der Waals surface area (Å²) in [6, 6.07) is 0.230. The summed E-state index contributed by atoms with van der Waals surface area (Å²) in [7, 11) is 0. The maximum Gasteiger partial charge on any atom is 0.319 e. The molecule has 2 amide bonds. The van der Waals surface area contributed by atoms with Crippen LogP contribution in [0.2, 0.25) is 0 Å². The Hall–Kier alpha value is -0.380. The molecule has 0 bridgehead atoms. The van der Waals surface area contributed by atoms with Gasteiger partial charge in [0.05, 0.1) is 0 Å². The Morgan fingerprint density at radius 3 is 2.65 bits per heavy atom. The van der Waals surface area contributed by atoms with Gasteiger partial charge in [-0.2, -0.15) is 11.8 Å². The van der Waals surface area contributed by atoms with Gasteiger partial charge in [0.25, 0.3) is 0 Å². The minimum atomic E-state index is 0.230. The lowest BCUT2D eigenvalue weighted by atomic mass is 9.95. The Morgan fingerprint density at radius 2 is 2.12 bits per heavy atom. The normalized spacial score (nSPS) is 22.4. The highest BCUT2D eigenvalue weighted by Crippen LogP contribution is 2.26. The zero-order valence-electron chi connectivity index (χ0n) is 11.6. The van der Waals surface area contributed by atoms with Crippen molar-refractivity contribution in [3.8, 4) is 0 Å². The Balaban J connectivity index is 2.56. The third kappa shape index (κ3) is 3.80. The number of likely N-dealkylation sites (tertiary alicyclic amines) is 1. The number of carbonyl (C=O) groups excluding carboxylic acids is 1. The number of piperidine rings is 1. The van der Waals surface area contributed by atoms with E-state index in [0.717, 1.165) is 32.6 Å². The average molecular weight is 258 g/mol. The topological polar surface area (TPSA) is 23.6 Å². The molecule has 1 rings (SSSR count). The SMILES string of the molecule is CCN(CC)C(=O)N1CCCC(C(C)SC)C1. The number of urea groups is 1. The first-order valence-corrected chi connectivity index (χ1v) is 7.99. The number of carbonyl (C=O) groups is 1. The molecule has 0 aromatic heterocycles. The molecule has 0 saturated carbocycles. The van der Waals surface area contributed by atoms with E-state index in [9.17, 15) is 4.79 Å². The first-order chi connectivity index (χ1) is 8.13. The average Bonchev–Trinajstić information content (AvgIpc) is 2.39. The fourth-order valence-electron chi connectivity index (χ4n) is 2.45. The molecule has 1 saturated heterocycles. The summed E-state index contributed by atoms with van der Waals surface area (Å²) in [6.07, 6.45) is 4.59. The molecule has 0 N–H and O–H groups in total. The van der Waals surface area contributed by atoms with Crippen LogP contribution >= 0.6 is 11.8 Å². The van der Waals surface area contributed by atoms with Crippen LogP contribution in [0.25, 0.3) is 0 Å². The summed E-state index contributed by atoms with van der Waals surface area (Å²) in [5.41, 5.74) is 0. The molecule has 1 aliphatic heterocycles. The fraction of sp³-hybridized carbons (Fsp3) is 0.923. The second kappa shape index (κ2) is 7.14. The van der Waals surface area contributed by atoms with Gasteiger partial charge in [-0.1, -0.05) is 6.92 Å². The zero-order valence-corrected chi connectivity index (χ0v) is 12.4. The van der Waals surface area contributed by atoms with E-state index in [1.165, 1.54) is 6.42 Å². The molecule has 1 aliphatic rings. The highest BCUT2D eigenvalue weighted by molar-refractivity contribution is 7.99. The predicted molar refractivity (Wildman–Crippen MR) is 75.6 cm³/mol. The number of rotatable bonds is 4. The summed E-state index contributed by atoms with van der Waals surface area (Å²) >= 11 is 1.91. The lowest BCUT2D eigenvalue weighted by molar-refractivity contribution is 0.132. The van der Waals surface area contributed by atoms with Crippen LogP contribution in [0.1, 0.15) is 33.6 Å². The molecule has 1 fully saturated rings. The number of amides is 2. The summed E-state index contributed by atoms with van der Waals surface area (Å²) in [5.74, 6) is 0.665. The molecule has 4 heteroatoms. The minimum absolute atomic E-state index is 0.230. The van der Waals surface area contributed by atoms with Crippen LogP contribution in [-0.2, 0) is 0 Å². The van der Waals surface area contributed by atoms with Crippen molar-refractivity contribution in [1.82, 2.24) is 9.80 Å². The zero-order chi connectivity index (χ0) is 12.8. The van der Waals surface area contributed by atoms with E-state index < -0.39 is 0 Å². The van der Waals surface area contributed by atoms with E-state index in [-0.39, 0.29) is 6.03 Å². The van der Waals surface area contributed by atoms with E-state index in [2.05, 4.69) is 13.2 Å². The molecular weight excluding hydrogens is 232 g/mol. The van der Waals surface area contributed by atoms with Gasteiger partial charge < -0.3 is 9.80 Å². The first kappa shape index (κ1) is 14.7. The molecule has 1 heterocycles. The van der Waals surface area contributed by atoms with Gasteiger partial charge in [-0.05, 0) is 38.9 Å². The molecule has 2 unspecified atom stereocenters. The van der Waals surface area contributed by atoms with E-state index >= 15 is 0 Å². The minimum Gasteiger partial charge on any atom is -0.325 e. The van der Waals surface area contributed by atoms with Gasteiger partial charge in [0.2, 0.25) is 0 Å². The van der Waals surface area contributed by atoms with Gasteiger partial charge in [-0.25, -0.2) is 4.79 Å². The lowest BCUT2D eigenvalue weighted by Gasteiger charge is -2.37. The van der Waals surface area contributed by atoms with Crippen molar-refractivity contribution < 1.29 is 4.79 Å². The number of hydrogen-bond acceptors (Lipinski definition) is 2. The molecule has 0 aliphatic carbocycles. The number of nitrogens with zero attached hydrogens (tertiary/aromatic N) is 2. The van der Waals surface area contributed by atoms with Crippen LogP contribution in [0.3, 0.4) is 0 Å². The molecule has 2 atom stereocenters. The number of hydrogen-bond donors (Lipinski definition) is 0. The summed E-state index contributed by atoms with van der Waals surface area (Å²) in [4.78, 5) is 16.2. The highest BCUT2D eigenvalue weighted by atomic mass is 32.2. The maximum atomic E-state index is 12.3. The molecule has 0 aromatic carbocycles. The maximum absolute atomic E-state index is 12.3. The van der Waals surface area contributed by atoms with Crippen molar-refractivity contribution in [1.29, 1.82) is 0 Å². The highest BCUT2D eigenvalue weighted by Gasteiger charge is 2.28. The van der Waals surface area contributed by atoms with E-state index in [0.29, 0.717) is 11.2 Å². The van der Waals surface area contributed by atoms with Gasteiger partial charge >= 0.3 is 6.03 Å². The van der Waals surface area contributed by atoms with Gasteiger partial charge in [-0.3, -0.25) is 0 Å². The molecule has 0 radical (unpaired) electrons. The molecule has 0 aromatic rings. The van der Waals surface area contributed by atoms with Crippen molar-refractivity contribution in [3.05, 3.63) is 0 Å². The monoisotopic (exact) mass is 258 g/mol. The first-order valence-electron chi connectivity index (χ1n) is 6.70. The summed E-state index contributed by atoms with van der Waals surface area (Å²) in [5, 5.41) is 0.655.